The van der Waals surface area contributed by atoms with Crippen LogP contribution in [0.5, 0.6) is 0 Å². The van der Waals surface area contributed by atoms with E-state index in [0.29, 0.717) is 12.4 Å². The number of pyridine rings is 2. The van der Waals surface area contributed by atoms with Gasteiger partial charge in [0.1, 0.15) is 0 Å². The number of rotatable bonds is 5. The summed E-state index contributed by atoms with van der Waals surface area (Å²) in [6.07, 6.45) is 5.73. The summed E-state index contributed by atoms with van der Waals surface area (Å²) in [7, 11) is 0. The molecule has 0 saturated heterocycles. The fourth-order valence-corrected chi connectivity index (χ4v) is 1.56. The monoisotopic (exact) mass is 244 g/mol. The van der Waals surface area contributed by atoms with E-state index in [4.69, 9.17) is 0 Å². The predicted octanol–water partition coefficient (Wildman–Crippen LogP) is 2.04. The van der Waals surface area contributed by atoms with Crippen LogP contribution in [0.3, 0.4) is 0 Å². The zero-order chi connectivity index (χ0) is 12.8. The molecule has 0 amide bonds. The van der Waals surface area contributed by atoms with Gasteiger partial charge in [0.05, 0.1) is 4.92 Å². The molecule has 2 rings (SSSR count). The Morgan fingerprint density at radius 1 is 1.22 bits per heavy atom. The summed E-state index contributed by atoms with van der Waals surface area (Å²) in [6, 6.07) is 6.80. The lowest BCUT2D eigenvalue weighted by Crippen LogP contribution is -2.08. The van der Waals surface area contributed by atoms with Crippen molar-refractivity contribution in [3.05, 3.63) is 58.5 Å². The summed E-state index contributed by atoms with van der Waals surface area (Å²) in [5.41, 5.74) is 1.11. The van der Waals surface area contributed by atoms with Crippen LogP contribution in [0.4, 0.5) is 11.5 Å². The molecule has 0 fully saturated rings. The first-order valence-corrected chi connectivity index (χ1v) is 5.49. The summed E-state index contributed by atoms with van der Waals surface area (Å²) < 4.78 is 0. The Balaban J connectivity index is 1.97. The average Bonchev–Trinajstić information content (AvgIpc) is 2.40. The van der Waals surface area contributed by atoms with Gasteiger partial charge in [-0.2, -0.15) is 0 Å². The molecule has 0 aromatic carbocycles. The third kappa shape index (κ3) is 3.00. The third-order valence-electron chi connectivity index (χ3n) is 2.44. The highest BCUT2D eigenvalue weighted by atomic mass is 16.6. The second-order valence-corrected chi connectivity index (χ2v) is 3.66. The Morgan fingerprint density at radius 3 is 2.72 bits per heavy atom. The molecular weight excluding hydrogens is 232 g/mol. The lowest BCUT2D eigenvalue weighted by atomic mass is 10.2. The van der Waals surface area contributed by atoms with E-state index in [1.165, 1.54) is 12.3 Å². The Hall–Kier alpha value is -2.50. The van der Waals surface area contributed by atoms with Gasteiger partial charge >= 0.3 is 5.69 Å². The molecule has 2 heterocycles. The molecule has 2 aromatic rings. The largest absolute Gasteiger partial charge is 0.364 e. The maximum Gasteiger partial charge on any atom is 0.311 e. The van der Waals surface area contributed by atoms with Gasteiger partial charge in [0, 0.05) is 31.2 Å². The van der Waals surface area contributed by atoms with Crippen molar-refractivity contribution >= 4 is 11.5 Å². The SMILES string of the molecule is O=[N+]([O-])c1cccnc1NCCc1ccncc1. The molecule has 92 valence electrons. The first-order chi connectivity index (χ1) is 8.77. The van der Waals surface area contributed by atoms with Crippen LogP contribution < -0.4 is 5.32 Å². The average molecular weight is 244 g/mol. The molecule has 0 saturated carbocycles. The number of nitrogens with one attached hydrogen (secondary N) is 1. The molecule has 18 heavy (non-hydrogen) atoms. The number of nitrogens with zero attached hydrogens (tertiary/aromatic N) is 3. The van der Waals surface area contributed by atoms with Gasteiger partial charge in [0.15, 0.2) is 0 Å². The molecule has 6 nitrogen and oxygen atoms in total. The third-order valence-corrected chi connectivity index (χ3v) is 2.44. The highest BCUT2D eigenvalue weighted by Crippen LogP contribution is 2.19. The van der Waals surface area contributed by atoms with E-state index in [0.717, 1.165) is 12.0 Å². The van der Waals surface area contributed by atoms with Crippen molar-refractivity contribution in [3.63, 3.8) is 0 Å². The standard InChI is InChI=1S/C12H12N4O2/c17-16(18)11-2-1-6-14-12(11)15-9-5-10-3-7-13-8-4-10/h1-4,6-8H,5,9H2,(H,14,15). The van der Waals surface area contributed by atoms with E-state index in [-0.39, 0.29) is 5.69 Å². The van der Waals surface area contributed by atoms with Crippen molar-refractivity contribution in [2.45, 2.75) is 6.42 Å². The summed E-state index contributed by atoms with van der Waals surface area (Å²) in [4.78, 5) is 18.2. The van der Waals surface area contributed by atoms with Crippen molar-refractivity contribution in [1.82, 2.24) is 9.97 Å². The van der Waals surface area contributed by atoms with Gasteiger partial charge < -0.3 is 5.32 Å². The molecular formula is C12H12N4O2. The number of nitro groups is 1. The van der Waals surface area contributed by atoms with E-state index >= 15 is 0 Å². The number of aromatic nitrogens is 2. The quantitative estimate of drug-likeness (QED) is 0.643. The highest BCUT2D eigenvalue weighted by molar-refractivity contribution is 5.55. The Bertz CT molecular complexity index is 531. The first-order valence-electron chi connectivity index (χ1n) is 5.49. The van der Waals surface area contributed by atoms with E-state index in [9.17, 15) is 10.1 Å². The molecule has 0 bridgehead atoms. The molecule has 2 aromatic heterocycles. The van der Waals surface area contributed by atoms with E-state index in [1.54, 1.807) is 18.5 Å². The van der Waals surface area contributed by atoms with E-state index in [1.807, 2.05) is 12.1 Å². The molecule has 6 heteroatoms. The summed E-state index contributed by atoms with van der Waals surface area (Å²) in [5, 5.41) is 13.7. The van der Waals surface area contributed by atoms with Gasteiger partial charge in [-0.1, -0.05) is 0 Å². The molecule has 0 atom stereocenters. The predicted molar refractivity (Wildman–Crippen MR) is 67.3 cm³/mol. The maximum atomic E-state index is 10.8. The van der Waals surface area contributed by atoms with Crippen LogP contribution in [0, 0.1) is 10.1 Å². The minimum Gasteiger partial charge on any atom is -0.364 e. The van der Waals surface area contributed by atoms with Crippen molar-refractivity contribution in [2.24, 2.45) is 0 Å². The maximum absolute atomic E-state index is 10.8. The Labute approximate surface area is 104 Å². The van der Waals surface area contributed by atoms with Crippen molar-refractivity contribution in [1.29, 1.82) is 0 Å². The highest BCUT2D eigenvalue weighted by Gasteiger charge is 2.12. The van der Waals surface area contributed by atoms with Crippen LogP contribution in [0.2, 0.25) is 0 Å². The second kappa shape index (κ2) is 5.72. The van der Waals surface area contributed by atoms with Gasteiger partial charge in [-0.15, -0.1) is 0 Å². The van der Waals surface area contributed by atoms with Crippen molar-refractivity contribution in [2.75, 3.05) is 11.9 Å². The zero-order valence-electron chi connectivity index (χ0n) is 9.61. The van der Waals surface area contributed by atoms with Crippen LogP contribution in [0.15, 0.2) is 42.9 Å². The minimum absolute atomic E-state index is 0.00720. The Kier molecular flexibility index (Phi) is 3.80. The van der Waals surface area contributed by atoms with Crippen LogP contribution >= 0.6 is 0 Å². The summed E-state index contributed by atoms with van der Waals surface area (Å²) >= 11 is 0. The molecule has 0 spiro atoms. The fourth-order valence-electron chi connectivity index (χ4n) is 1.56. The summed E-state index contributed by atoms with van der Waals surface area (Å²) in [5.74, 6) is 0.302. The number of hydrogen-bond donors (Lipinski definition) is 1. The zero-order valence-corrected chi connectivity index (χ0v) is 9.61. The molecule has 1 N–H and O–H groups in total. The normalized spacial score (nSPS) is 10.0. The summed E-state index contributed by atoms with van der Waals surface area (Å²) in [6.45, 7) is 0.585. The number of anilines is 1. The van der Waals surface area contributed by atoms with Gasteiger partial charge in [-0.05, 0) is 30.2 Å². The number of hydrogen-bond acceptors (Lipinski definition) is 5. The molecule has 0 radical (unpaired) electrons. The lowest BCUT2D eigenvalue weighted by Gasteiger charge is -2.05. The first kappa shape index (κ1) is 12.0. The van der Waals surface area contributed by atoms with Crippen LogP contribution in [-0.2, 0) is 6.42 Å². The Morgan fingerprint density at radius 2 is 2.00 bits per heavy atom. The molecule has 0 unspecified atom stereocenters. The van der Waals surface area contributed by atoms with Crippen LogP contribution in [-0.4, -0.2) is 21.4 Å². The van der Waals surface area contributed by atoms with Gasteiger partial charge in [0.2, 0.25) is 5.82 Å². The van der Waals surface area contributed by atoms with Crippen LogP contribution in [0.1, 0.15) is 5.56 Å². The van der Waals surface area contributed by atoms with Gasteiger partial charge in [-0.3, -0.25) is 15.1 Å². The van der Waals surface area contributed by atoms with Gasteiger partial charge in [0.25, 0.3) is 0 Å². The second-order valence-electron chi connectivity index (χ2n) is 3.66. The molecule has 0 aliphatic heterocycles. The van der Waals surface area contributed by atoms with E-state index < -0.39 is 4.92 Å². The minimum atomic E-state index is -0.443. The lowest BCUT2D eigenvalue weighted by molar-refractivity contribution is -0.384. The van der Waals surface area contributed by atoms with Crippen molar-refractivity contribution in [3.8, 4) is 0 Å². The van der Waals surface area contributed by atoms with Crippen molar-refractivity contribution < 1.29 is 4.92 Å². The van der Waals surface area contributed by atoms with Crippen LogP contribution in [0.25, 0.3) is 0 Å². The van der Waals surface area contributed by atoms with E-state index in [2.05, 4.69) is 15.3 Å². The topological polar surface area (TPSA) is 81.0 Å². The smallest absolute Gasteiger partial charge is 0.311 e. The molecule has 0 aliphatic rings. The molecule has 0 aliphatic carbocycles. The van der Waals surface area contributed by atoms with Gasteiger partial charge in [-0.25, -0.2) is 4.98 Å². The fraction of sp³-hybridized carbons (Fsp3) is 0.167.